The maximum atomic E-state index is 12.8. The van der Waals surface area contributed by atoms with Gasteiger partial charge < -0.3 is 10.1 Å². The number of halogens is 1. The van der Waals surface area contributed by atoms with E-state index in [4.69, 9.17) is 4.74 Å². The lowest BCUT2D eigenvalue weighted by Crippen LogP contribution is -2.35. The number of rotatable bonds is 7. The van der Waals surface area contributed by atoms with E-state index in [0.717, 1.165) is 29.3 Å². The van der Waals surface area contributed by atoms with Gasteiger partial charge in [-0.15, -0.1) is 0 Å². The largest absolute Gasteiger partial charge is 0.484 e. The fourth-order valence-corrected chi connectivity index (χ4v) is 5.50. The topological polar surface area (TPSA) is 75.7 Å². The third-order valence-corrected chi connectivity index (χ3v) is 7.57. The Morgan fingerprint density at radius 1 is 1.17 bits per heavy atom. The second-order valence-electron chi connectivity index (χ2n) is 7.52. The molecule has 0 radical (unpaired) electrons. The Labute approximate surface area is 186 Å². The Bertz CT molecular complexity index is 1000. The van der Waals surface area contributed by atoms with Crippen LogP contribution >= 0.6 is 15.9 Å². The van der Waals surface area contributed by atoms with E-state index in [9.17, 15) is 13.2 Å². The molecule has 2 aromatic carbocycles. The van der Waals surface area contributed by atoms with Crippen LogP contribution in [0.4, 0.5) is 0 Å². The summed E-state index contributed by atoms with van der Waals surface area (Å²) in [6, 6.07) is 12.4. The lowest BCUT2D eigenvalue weighted by Gasteiger charge is -2.26. The second kappa shape index (κ2) is 9.94. The summed E-state index contributed by atoms with van der Waals surface area (Å²) in [4.78, 5) is 12.5. The lowest BCUT2D eigenvalue weighted by molar-refractivity contribution is -0.123. The van der Waals surface area contributed by atoms with Gasteiger partial charge in [0.2, 0.25) is 10.0 Å². The Balaban J connectivity index is 1.60. The molecular formula is C22H27BrN2O4S. The number of carbonyl (C=O) groups is 1. The highest BCUT2D eigenvalue weighted by atomic mass is 79.9. The van der Waals surface area contributed by atoms with Gasteiger partial charge in [-0.3, -0.25) is 4.79 Å². The van der Waals surface area contributed by atoms with Crippen molar-refractivity contribution >= 4 is 31.9 Å². The molecule has 1 aliphatic rings. The van der Waals surface area contributed by atoms with Crippen LogP contribution in [-0.2, 0) is 14.8 Å². The van der Waals surface area contributed by atoms with Crippen LogP contribution in [-0.4, -0.2) is 38.3 Å². The molecule has 0 spiro atoms. The second-order valence-corrected chi connectivity index (χ2v) is 10.4. The van der Waals surface area contributed by atoms with Crippen molar-refractivity contribution in [2.75, 3.05) is 19.7 Å². The van der Waals surface area contributed by atoms with Gasteiger partial charge in [0.05, 0.1) is 10.9 Å². The van der Waals surface area contributed by atoms with Crippen molar-refractivity contribution in [3.05, 3.63) is 58.1 Å². The number of ether oxygens (including phenoxy) is 1. The third kappa shape index (κ3) is 5.62. The minimum absolute atomic E-state index is 0.141. The van der Waals surface area contributed by atoms with E-state index in [1.54, 1.807) is 29.4 Å². The molecule has 0 aromatic heterocycles. The molecule has 1 atom stereocenters. The highest BCUT2D eigenvalue weighted by molar-refractivity contribution is 9.10. The maximum Gasteiger partial charge on any atom is 0.258 e. The molecule has 6 nitrogen and oxygen atoms in total. The molecule has 8 heteroatoms. The summed E-state index contributed by atoms with van der Waals surface area (Å²) in [6.45, 7) is 4.68. The van der Waals surface area contributed by atoms with Crippen molar-refractivity contribution in [3.63, 3.8) is 0 Å². The van der Waals surface area contributed by atoms with Gasteiger partial charge in [0, 0.05) is 17.6 Å². The van der Waals surface area contributed by atoms with Crippen LogP contribution in [0.25, 0.3) is 0 Å². The van der Waals surface area contributed by atoms with E-state index >= 15 is 0 Å². The van der Waals surface area contributed by atoms with Crippen LogP contribution in [0.15, 0.2) is 51.8 Å². The predicted molar refractivity (Wildman–Crippen MR) is 120 cm³/mol. The van der Waals surface area contributed by atoms with E-state index in [1.165, 1.54) is 0 Å². The van der Waals surface area contributed by atoms with Crippen molar-refractivity contribution < 1.29 is 17.9 Å². The number of hydrogen-bond donors (Lipinski definition) is 1. The van der Waals surface area contributed by atoms with Gasteiger partial charge >= 0.3 is 0 Å². The first kappa shape index (κ1) is 22.8. The van der Waals surface area contributed by atoms with Gasteiger partial charge in [-0.1, -0.05) is 34.5 Å². The number of nitrogens with zero attached hydrogens (tertiary/aromatic N) is 1. The minimum Gasteiger partial charge on any atom is -0.484 e. The molecule has 1 aliphatic heterocycles. The SMILES string of the molecule is Cc1cc(S(=O)(=O)N2CCCCC2)ccc1OCC(=O)N[C@@H](C)c1cccc(Br)c1. The Hall–Kier alpha value is -1.90. The molecule has 1 heterocycles. The van der Waals surface area contributed by atoms with Gasteiger partial charge in [-0.05, 0) is 68.1 Å². The van der Waals surface area contributed by atoms with Gasteiger partial charge in [0.25, 0.3) is 5.91 Å². The van der Waals surface area contributed by atoms with Crippen LogP contribution in [0.3, 0.4) is 0 Å². The van der Waals surface area contributed by atoms with Crippen LogP contribution in [0.2, 0.25) is 0 Å². The molecular weight excluding hydrogens is 468 g/mol. The fraction of sp³-hybridized carbons (Fsp3) is 0.409. The number of amides is 1. The molecule has 30 heavy (non-hydrogen) atoms. The molecule has 1 N–H and O–H groups in total. The van der Waals surface area contributed by atoms with Crippen molar-refractivity contribution in [1.82, 2.24) is 9.62 Å². The summed E-state index contributed by atoms with van der Waals surface area (Å²) < 4.78 is 33.8. The van der Waals surface area contributed by atoms with Gasteiger partial charge in [-0.2, -0.15) is 4.31 Å². The van der Waals surface area contributed by atoms with Crippen LogP contribution < -0.4 is 10.1 Å². The molecule has 162 valence electrons. The minimum atomic E-state index is -3.49. The van der Waals surface area contributed by atoms with Crippen molar-refractivity contribution in [1.29, 1.82) is 0 Å². The number of aryl methyl sites for hydroxylation is 1. The molecule has 3 rings (SSSR count). The van der Waals surface area contributed by atoms with Crippen LogP contribution in [0.5, 0.6) is 5.75 Å². The molecule has 1 amide bonds. The van der Waals surface area contributed by atoms with E-state index in [-0.39, 0.29) is 23.5 Å². The first-order valence-electron chi connectivity index (χ1n) is 10.1. The summed E-state index contributed by atoms with van der Waals surface area (Å²) in [5, 5.41) is 2.90. The number of carbonyl (C=O) groups excluding carboxylic acids is 1. The van der Waals surface area contributed by atoms with Gasteiger partial charge in [0.15, 0.2) is 6.61 Å². The number of sulfonamides is 1. The number of benzene rings is 2. The normalized spacial score (nSPS) is 16.1. The number of hydrogen-bond acceptors (Lipinski definition) is 4. The Kier molecular flexibility index (Phi) is 7.55. The summed E-state index contributed by atoms with van der Waals surface area (Å²) in [7, 11) is -3.49. The average Bonchev–Trinajstić information content (AvgIpc) is 2.73. The van der Waals surface area contributed by atoms with E-state index < -0.39 is 10.0 Å². The molecule has 0 bridgehead atoms. The summed E-state index contributed by atoms with van der Waals surface area (Å²) in [6.07, 6.45) is 2.86. The van der Waals surface area contributed by atoms with Crippen molar-refractivity contribution in [2.24, 2.45) is 0 Å². The van der Waals surface area contributed by atoms with Crippen LogP contribution in [0.1, 0.15) is 43.4 Å². The molecule has 0 aliphatic carbocycles. The maximum absolute atomic E-state index is 12.8. The molecule has 1 fully saturated rings. The first-order chi connectivity index (χ1) is 14.3. The van der Waals surface area contributed by atoms with Gasteiger partial charge in [-0.25, -0.2) is 8.42 Å². The number of nitrogens with one attached hydrogen (secondary N) is 1. The standard InChI is InChI=1S/C22H27BrN2O4S/c1-16-13-20(30(27,28)25-11-4-3-5-12-25)9-10-21(16)29-15-22(26)24-17(2)18-7-6-8-19(23)14-18/h6-10,13-14,17H,3-5,11-12,15H2,1-2H3,(H,24,26)/t17-/m0/s1. The van der Waals surface area contributed by atoms with Crippen molar-refractivity contribution in [3.8, 4) is 5.75 Å². The Morgan fingerprint density at radius 2 is 1.90 bits per heavy atom. The van der Waals surface area contributed by atoms with E-state index in [0.29, 0.717) is 24.4 Å². The van der Waals surface area contributed by atoms with E-state index in [1.807, 2.05) is 31.2 Å². The van der Waals surface area contributed by atoms with Gasteiger partial charge in [0.1, 0.15) is 5.75 Å². The summed E-state index contributed by atoms with van der Waals surface area (Å²) >= 11 is 3.43. The zero-order chi connectivity index (χ0) is 21.7. The zero-order valence-corrected chi connectivity index (χ0v) is 19.6. The molecule has 1 saturated heterocycles. The molecule has 0 unspecified atom stereocenters. The summed E-state index contributed by atoms with van der Waals surface area (Å²) in [5.41, 5.74) is 1.67. The highest BCUT2D eigenvalue weighted by Crippen LogP contribution is 2.26. The van der Waals surface area contributed by atoms with Crippen LogP contribution in [0, 0.1) is 6.92 Å². The fourth-order valence-electron chi connectivity index (χ4n) is 3.48. The lowest BCUT2D eigenvalue weighted by atomic mass is 10.1. The molecule has 2 aromatic rings. The van der Waals surface area contributed by atoms with Crippen molar-refractivity contribution in [2.45, 2.75) is 44.0 Å². The third-order valence-electron chi connectivity index (χ3n) is 5.18. The smallest absolute Gasteiger partial charge is 0.258 e. The summed E-state index contributed by atoms with van der Waals surface area (Å²) in [5.74, 6) is 0.254. The number of piperidine rings is 1. The zero-order valence-electron chi connectivity index (χ0n) is 17.2. The predicted octanol–water partition coefficient (Wildman–Crippen LogP) is 4.19. The van der Waals surface area contributed by atoms with E-state index in [2.05, 4.69) is 21.2 Å². The highest BCUT2D eigenvalue weighted by Gasteiger charge is 2.26. The first-order valence-corrected chi connectivity index (χ1v) is 12.3. The Morgan fingerprint density at radius 3 is 2.57 bits per heavy atom. The monoisotopic (exact) mass is 494 g/mol. The average molecular weight is 495 g/mol. The quantitative estimate of drug-likeness (QED) is 0.625. The molecule has 0 saturated carbocycles.